The minimum absolute atomic E-state index is 0.207. The van der Waals surface area contributed by atoms with Crippen LogP contribution in [-0.4, -0.2) is 22.8 Å². The predicted molar refractivity (Wildman–Crippen MR) is 70.9 cm³/mol. The van der Waals surface area contributed by atoms with E-state index in [0.29, 0.717) is 5.54 Å². The number of hydrogen-bond donors (Lipinski definition) is 0. The molecule has 0 radical (unpaired) electrons. The molecule has 0 aliphatic heterocycles. The van der Waals surface area contributed by atoms with Crippen molar-refractivity contribution in [2.75, 3.05) is 14.2 Å². The van der Waals surface area contributed by atoms with Crippen LogP contribution in [0.5, 0.6) is 0 Å². The Bertz CT molecular complexity index is 206. The molecule has 2 nitrogen and oxygen atoms in total. The Morgan fingerprint density at radius 3 is 1.94 bits per heavy atom. The predicted octanol–water partition coefficient (Wildman–Crippen LogP) is 4.25. The van der Waals surface area contributed by atoms with E-state index in [1.165, 1.54) is 32.1 Å². The van der Waals surface area contributed by atoms with Crippen LogP contribution in [0.15, 0.2) is 0 Å². The van der Waals surface area contributed by atoms with Crippen molar-refractivity contribution in [3.05, 3.63) is 0 Å². The topological polar surface area (TPSA) is 18.5 Å². The standard InChI is InChI=1S/C13H28O2Si/c1-6-13(2,3)16(14-4,15-5)12-10-8-7-9-11-12/h12H,6-11H2,1-5H3. The van der Waals surface area contributed by atoms with Gasteiger partial charge >= 0.3 is 8.56 Å². The SMILES string of the molecule is CCC(C)(C)[Si](OC)(OC)C1CCCCC1. The molecule has 0 bridgehead atoms. The fraction of sp³-hybridized carbons (Fsp3) is 1.00. The third-order valence-electron chi connectivity index (χ3n) is 4.58. The monoisotopic (exact) mass is 244 g/mol. The molecule has 0 aromatic carbocycles. The molecule has 0 N–H and O–H groups in total. The Kier molecular flexibility index (Phi) is 5.01. The van der Waals surface area contributed by atoms with Crippen LogP contribution in [0.1, 0.15) is 59.3 Å². The molecule has 96 valence electrons. The van der Waals surface area contributed by atoms with E-state index in [1.54, 1.807) is 0 Å². The molecule has 16 heavy (non-hydrogen) atoms. The second-order valence-corrected chi connectivity index (χ2v) is 9.97. The summed E-state index contributed by atoms with van der Waals surface area (Å²) in [6, 6.07) is 0. The highest BCUT2D eigenvalue weighted by Gasteiger charge is 2.55. The molecule has 0 heterocycles. The summed E-state index contributed by atoms with van der Waals surface area (Å²) >= 11 is 0. The zero-order chi connectivity index (χ0) is 12.2. The summed E-state index contributed by atoms with van der Waals surface area (Å²) in [4.78, 5) is 0. The van der Waals surface area contributed by atoms with Gasteiger partial charge in [-0.15, -0.1) is 0 Å². The second-order valence-electron chi connectivity index (χ2n) is 5.65. The van der Waals surface area contributed by atoms with Crippen molar-refractivity contribution in [1.29, 1.82) is 0 Å². The van der Waals surface area contributed by atoms with Crippen molar-refractivity contribution in [1.82, 2.24) is 0 Å². The maximum atomic E-state index is 6.00. The molecule has 1 fully saturated rings. The van der Waals surface area contributed by atoms with Crippen molar-refractivity contribution >= 4 is 8.56 Å². The zero-order valence-electron chi connectivity index (χ0n) is 11.6. The minimum atomic E-state index is -2.07. The third kappa shape index (κ3) is 2.36. The Balaban J connectivity index is 2.93. The fourth-order valence-electron chi connectivity index (χ4n) is 3.25. The maximum Gasteiger partial charge on any atom is 0.346 e. The van der Waals surface area contributed by atoms with Gasteiger partial charge in [-0.2, -0.15) is 0 Å². The first kappa shape index (κ1) is 14.2. The van der Waals surface area contributed by atoms with Crippen molar-refractivity contribution in [3.63, 3.8) is 0 Å². The molecule has 0 spiro atoms. The first-order valence-corrected chi connectivity index (χ1v) is 8.53. The molecule has 3 heteroatoms. The summed E-state index contributed by atoms with van der Waals surface area (Å²) in [6.45, 7) is 6.89. The average molecular weight is 244 g/mol. The minimum Gasteiger partial charge on any atom is -0.397 e. The van der Waals surface area contributed by atoms with Gasteiger partial charge in [-0.1, -0.05) is 40.0 Å². The van der Waals surface area contributed by atoms with Gasteiger partial charge in [0.25, 0.3) is 0 Å². The molecular weight excluding hydrogens is 216 g/mol. The van der Waals surface area contributed by atoms with Crippen molar-refractivity contribution in [2.45, 2.75) is 69.9 Å². The second kappa shape index (κ2) is 5.65. The molecule has 0 aromatic heterocycles. The highest BCUT2D eigenvalue weighted by Crippen LogP contribution is 2.51. The molecular formula is C13H28O2Si. The van der Waals surface area contributed by atoms with E-state index in [0.717, 1.165) is 6.42 Å². The lowest BCUT2D eigenvalue weighted by atomic mass is 10.0. The summed E-state index contributed by atoms with van der Waals surface area (Å²) in [6.07, 6.45) is 7.84. The fourth-order valence-corrected chi connectivity index (χ4v) is 7.96. The van der Waals surface area contributed by atoms with E-state index in [4.69, 9.17) is 8.85 Å². The van der Waals surface area contributed by atoms with Crippen LogP contribution in [-0.2, 0) is 8.85 Å². The van der Waals surface area contributed by atoms with Gasteiger partial charge in [0.2, 0.25) is 0 Å². The highest BCUT2D eigenvalue weighted by molar-refractivity contribution is 6.72. The van der Waals surface area contributed by atoms with Gasteiger partial charge < -0.3 is 8.85 Å². The molecule has 1 saturated carbocycles. The molecule has 1 rings (SSSR count). The van der Waals surface area contributed by atoms with Gasteiger partial charge in [0.15, 0.2) is 0 Å². The normalized spacial score (nSPS) is 20.1. The van der Waals surface area contributed by atoms with Crippen molar-refractivity contribution < 1.29 is 8.85 Å². The Morgan fingerprint density at radius 2 is 1.56 bits per heavy atom. The lowest BCUT2D eigenvalue weighted by Gasteiger charge is -2.47. The van der Waals surface area contributed by atoms with E-state index < -0.39 is 8.56 Å². The summed E-state index contributed by atoms with van der Waals surface area (Å²) in [5.41, 5.74) is 0.686. The van der Waals surface area contributed by atoms with Crippen molar-refractivity contribution in [3.8, 4) is 0 Å². The van der Waals surface area contributed by atoms with Crippen LogP contribution in [0.3, 0.4) is 0 Å². The molecule has 0 saturated heterocycles. The van der Waals surface area contributed by atoms with Gasteiger partial charge in [0.1, 0.15) is 0 Å². The van der Waals surface area contributed by atoms with E-state index in [1.807, 2.05) is 14.2 Å². The number of hydrogen-bond acceptors (Lipinski definition) is 2. The van der Waals surface area contributed by atoms with Gasteiger partial charge in [-0.3, -0.25) is 0 Å². The number of rotatable bonds is 5. The summed E-state index contributed by atoms with van der Waals surface area (Å²) < 4.78 is 12.0. The zero-order valence-corrected chi connectivity index (χ0v) is 12.6. The maximum absolute atomic E-state index is 6.00. The molecule has 0 unspecified atom stereocenters. The van der Waals surface area contributed by atoms with E-state index in [-0.39, 0.29) is 5.04 Å². The van der Waals surface area contributed by atoms with Gasteiger partial charge in [-0.05, 0) is 19.3 Å². The first-order chi connectivity index (χ1) is 7.54. The quantitative estimate of drug-likeness (QED) is 0.673. The molecule has 0 aromatic rings. The van der Waals surface area contributed by atoms with Gasteiger partial charge in [-0.25, -0.2) is 0 Å². The van der Waals surface area contributed by atoms with Crippen molar-refractivity contribution in [2.24, 2.45) is 0 Å². The van der Waals surface area contributed by atoms with Crippen LogP contribution < -0.4 is 0 Å². The van der Waals surface area contributed by atoms with E-state index >= 15 is 0 Å². The van der Waals surface area contributed by atoms with Crippen LogP contribution in [0.25, 0.3) is 0 Å². The van der Waals surface area contributed by atoms with Crippen LogP contribution in [0, 0.1) is 0 Å². The van der Waals surface area contributed by atoms with Gasteiger partial charge in [0.05, 0.1) is 0 Å². The van der Waals surface area contributed by atoms with Gasteiger partial charge in [0, 0.05) is 24.8 Å². The lowest BCUT2D eigenvalue weighted by Crippen LogP contribution is -2.54. The summed E-state index contributed by atoms with van der Waals surface area (Å²) in [5.74, 6) is 0. The molecule has 0 amide bonds. The Hall–Kier alpha value is 0.137. The largest absolute Gasteiger partial charge is 0.397 e. The summed E-state index contributed by atoms with van der Waals surface area (Å²) in [7, 11) is 1.66. The van der Waals surface area contributed by atoms with E-state index in [9.17, 15) is 0 Å². The third-order valence-corrected chi connectivity index (χ3v) is 9.68. The first-order valence-electron chi connectivity index (χ1n) is 6.64. The smallest absolute Gasteiger partial charge is 0.346 e. The highest BCUT2D eigenvalue weighted by atomic mass is 28.4. The lowest BCUT2D eigenvalue weighted by molar-refractivity contribution is 0.184. The van der Waals surface area contributed by atoms with Crippen LogP contribution >= 0.6 is 0 Å². The van der Waals surface area contributed by atoms with Crippen LogP contribution in [0.2, 0.25) is 10.6 Å². The molecule has 1 aliphatic rings. The molecule has 1 aliphatic carbocycles. The van der Waals surface area contributed by atoms with E-state index in [2.05, 4.69) is 20.8 Å². The molecule has 0 atom stereocenters. The Morgan fingerprint density at radius 1 is 1.06 bits per heavy atom. The van der Waals surface area contributed by atoms with Crippen LogP contribution in [0.4, 0.5) is 0 Å². The summed E-state index contributed by atoms with van der Waals surface area (Å²) in [5, 5.41) is 0.207. The Labute approximate surface area is 102 Å². The average Bonchev–Trinajstić information content (AvgIpc) is 2.32.